The summed E-state index contributed by atoms with van der Waals surface area (Å²) in [6, 6.07) is 0. The van der Waals surface area contributed by atoms with Crippen LogP contribution in [0, 0.1) is 50.7 Å². The number of aliphatic hydroxyl groups excluding tert-OH is 2. The standard InChI is InChI=1S/C31H48O7/c1-17-10-13-31(24(34)35)15-14-27(3)18(22(31)30(17,6)37)8-9-20-26(2)12-11-21(33)29(5,25(36)38-7)23(26)19(32)16-28(20,27)4/h8,17,19-23,32-33,37H,9-16H2,1-7H3,(H,34,35)/t17-,19-,20-,21+,22-,23-,26-,27-,28-,29+,30-,31+/m1/s1. The molecule has 7 heteroatoms. The molecule has 4 N–H and O–H groups in total. The summed E-state index contributed by atoms with van der Waals surface area (Å²) in [5.41, 5.74) is -3.49. The van der Waals surface area contributed by atoms with Crippen LogP contribution in [0.4, 0.5) is 0 Å². The van der Waals surface area contributed by atoms with Crippen LogP contribution in [0.2, 0.25) is 0 Å². The lowest BCUT2D eigenvalue weighted by atomic mass is 9.32. The van der Waals surface area contributed by atoms with E-state index in [1.54, 1.807) is 6.92 Å². The van der Waals surface area contributed by atoms with E-state index in [-0.39, 0.29) is 17.3 Å². The van der Waals surface area contributed by atoms with Crippen molar-refractivity contribution >= 4 is 11.9 Å². The average Bonchev–Trinajstić information content (AvgIpc) is 2.83. The number of fused-ring (bicyclic) bond motifs is 7. The monoisotopic (exact) mass is 532 g/mol. The summed E-state index contributed by atoms with van der Waals surface area (Å²) in [5.74, 6) is -2.12. The van der Waals surface area contributed by atoms with Crippen molar-refractivity contribution < 1.29 is 34.8 Å². The van der Waals surface area contributed by atoms with Crippen LogP contribution in [-0.2, 0) is 14.3 Å². The van der Waals surface area contributed by atoms with Gasteiger partial charge in [-0.1, -0.05) is 39.3 Å². The van der Waals surface area contributed by atoms with Crippen LogP contribution in [0.5, 0.6) is 0 Å². The Bertz CT molecular complexity index is 1070. The summed E-state index contributed by atoms with van der Waals surface area (Å²) in [5, 5.41) is 45.5. The van der Waals surface area contributed by atoms with Gasteiger partial charge in [-0.3, -0.25) is 9.59 Å². The minimum atomic E-state index is -1.21. The van der Waals surface area contributed by atoms with Crippen LogP contribution in [-0.4, -0.2) is 57.3 Å². The van der Waals surface area contributed by atoms with Crippen molar-refractivity contribution in [3.05, 3.63) is 11.6 Å². The van der Waals surface area contributed by atoms with Crippen LogP contribution in [0.1, 0.15) is 92.9 Å². The maximum atomic E-state index is 13.1. The average molecular weight is 533 g/mol. The van der Waals surface area contributed by atoms with Crippen LogP contribution in [0.15, 0.2) is 11.6 Å². The van der Waals surface area contributed by atoms with E-state index in [9.17, 15) is 30.0 Å². The summed E-state index contributed by atoms with van der Waals surface area (Å²) in [6.07, 6.45) is 5.27. The third kappa shape index (κ3) is 3.07. The van der Waals surface area contributed by atoms with E-state index in [1.807, 2.05) is 13.8 Å². The van der Waals surface area contributed by atoms with E-state index >= 15 is 0 Å². The molecular formula is C31H48O7. The Hall–Kier alpha value is -1.44. The number of carbonyl (C=O) groups excluding carboxylic acids is 1. The van der Waals surface area contributed by atoms with Crippen molar-refractivity contribution in [1.82, 2.24) is 0 Å². The Morgan fingerprint density at radius 1 is 1.00 bits per heavy atom. The zero-order valence-corrected chi connectivity index (χ0v) is 24.2. The summed E-state index contributed by atoms with van der Waals surface area (Å²) in [4.78, 5) is 26.0. The van der Waals surface area contributed by atoms with Crippen molar-refractivity contribution in [2.45, 2.75) is 111 Å². The fraction of sp³-hybridized carbons (Fsp3) is 0.871. The van der Waals surface area contributed by atoms with Crippen molar-refractivity contribution in [1.29, 1.82) is 0 Å². The number of hydrogen-bond acceptors (Lipinski definition) is 6. The first-order valence-electron chi connectivity index (χ1n) is 14.6. The van der Waals surface area contributed by atoms with E-state index in [4.69, 9.17) is 4.74 Å². The number of allylic oxidation sites excluding steroid dienone is 1. The van der Waals surface area contributed by atoms with E-state index in [0.717, 1.165) is 5.57 Å². The minimum Gasteiger partial charge on any atom is -0.481 e. The van der Waals surface area contributed by atoms with Gasteiger partial charge in [-0.2, -0.15) is 0 Å². The van der Waals surface area contributed by atoms with Gasteiger partial charge in [-0.15, -0.1) is 0 Å². The van der Waals surface area contributed by atoms with Gasteiger partial charge in [0, 0.05) is 11.8 Å². The maximum Gasteiger partial charge on any atom is 0.314 e. The first-order valence-corrected chi connectivity index (χ1v) is 14.6. The van der Waals surface area contributed by atoms with Gasteiger partial charge in [0.05, 0.1) is 35.7 Å². The normalized spacial score (nSPS) is 55.9. The Morgan fingerprint density at radius 3 is 2.26 bits per heavy atom. The minimum absolute atomic E-state index is 0.0202. The molecule has 0 heterocycles. The predicted molar refractivity (Wildman–Crippen MR) is 142 cm³/mol. The molecule has 0 bridgehead atoms. The Labute approximate surface area is 227 Å². The predicted octanol–water partition coefficient (Wildman–Crippen LogP) is 4.33. The van der Waals surface area contributed by atoms with Crippen molar-refractivity contribution in [3.8, 4) is 0 Å². The lowest BCUT2D eigenvalue weighted by molar-refractivity contribution is -0.252. The fourth-order valence-corrected chi connectivity index (χ4v) is 11.2. The fourth-order valence-electron chi connectivity index (χ4n) is 11.2. The van der Waals surface area contributed by atoms with Crippen LogP contribution in [0.3, 0.4) is 0 Å². The molecule has 0 saturated heterocycles. The van der Waals surface area contributed by atoms with Crippen molar-refractivity contribution in [3.63, 3.8) is 0 Å². The molecule has 0 aliphatic heterocycles. The number of ether oxygens (including phenoxy) is 1. The van der Waals surface area contributed by atoms with Gasteiger partial charge < -0.3 is 25.2 Å². The SMILES string of the molecule is COC(=O)[C@]1(C)[C@@H]2[C@H](O)C[C@]3(C)[C@H](CC=C4[C@H]5[C@](C(=O)O)(CC[C@@H](C)[C@@]5(C)O)CC[C@]43C)[C@@]2(C)CC[C@@H]1O. The third-order valence-corrected chi connectivity index (χ3v) is 13.7. The van der Waals surface area contributed by atoms with E-state index in [1.165, 1.54) is 7.11 Å². The number of carboxylic acid groups (broad SMARTS) is 1. The van der Waals surface area contributed by atoms with Gasteiger partial charge >= 0.3 is 11.9 Å². The second-order valence-corrected chi connectivity index (χ2v) is 14.8. The molecule has 0 aromatic rings. The van der Waals surface area contributed by atoms with Gasteiger partial charge in [0.2, 0.25) is 0 Å². The van der Waals surface area contributed by atoms with E-state index < -0.39 is 63.2 Å². The first kappa shape index (κ1) is 28.1. The lowest BCUT2D eigenvalue weighted by Gasteiger charge is -2.72. The molecule has 4 saturated carbocycles. The molecule has 5 aliphatic carbocycles. The summed E-state index contributed by atoms with van der Waals surface area (Å²) in [6.45, 7) is 12.3. The number of aliphatic hydroxyl groups is 3. The second kappa shape index (κ2) is 8.29. The molecule has 0 amide bonds. The Morgan fingerprint density at radius 2 is 1.66 bits per heavy atom. The van der Waals surface area contributed by atoms with E-state index in [0.29, 0.717) is 51.4 Å². The molecule has 12 atom stereocenters. The molecule has 0 aromatic carbocycles. The zero-order valence-electron chi connectivity index (χ0n) is 24.2. The second-order valence-electron chi connectivity index (χ2n) is 14.8. The highest BCUT2D eigenvalue weighted by Gasteiger charge is 2.74. The zero-order chi connectivity index (χ0) is 28.3. The molecule has 0 spiro atoms. The number of methoxy groups -OCH3 is 1. The molecule has 38 heavy (non-hydrogen) atoms. The Kier molecular flexibility index (Phi) is 6.13. The van der Waals surface area contributed by atoms with Gasteiger partial charge in [-0.25, -0.2) is 0 Å². The summed E-state index contributed by atoms with van der Waals surface area (Å²) < 4.78 is 5.19. The highest BCUT2D eigenvalue weighted by atomic mass is 16.5. The van der Waals surface area contributed by atoms with Gasteiger partial charge in [-0.05, 0) is 93.3 Å². The van der Waals surface area contributed by atoms with Crippen molar-refractivity contribution in [2.75, 3.05) is 7.11 Å². The quantitative estimate of drug-likeness (QED) is 0.308. The molecule has 0 radical (unpaired) electrons. The van der Waals surface area contributed by atoms with Crippen molar-refractivity contribution in [2.24, 2.45) is 50.7 Å². The van der Waals surface area contributed by atoms with Crippen LogP contribution < -0.4 is 0 Å². The van der Waals surface area contributed by atoms with Gasteiger partial charge in [0.25, 0.3) is 0 Å². The molecular weight excluding hydrogens is 484 g/mol. The smallest absolute Gasteiger partial charge is 0.314 e. The molecule has 0 unspecified atom stereocenters. The number of aliphatic carboxylic acids is 1. The summed E-state index contributed by atoms with van der Waals surface area (Å²) >= 11 is 0. The lowest BCUT2D eigenvalue weighted by Crippen LogP contribution is -2.71. The molecule has 214 valence electrons. The van der Waals surface area contributed by atoms with Gasteiger partial charge in [0.15, 0.2) is 0 Å². The molecule has 7 nitrogen and oxygen atoms in total. The van der Waals surface area contributed by atoms with E-state index in [2.05, 4.69) is 26.8 Å². The topological polar surface area (TPSA) is 124 Å². The first-order chi connectivity index (χ1) is 17.5. The number of esters is 1. The molecule has 4 fully saturated rings. The number of rotatable bonds is 2. The van der Waals surface area contributed by atoms with Crippen LogP contribution >= 0.6 is 0 Å². The highest BCUT2D eigenvalue weighted by molar-refractivity contribution is 5.78. The number of carbonyl (C=O) groups is 2. The summed E-state index contributed by atoms with van der Waals surface area (Å²) in [7, 11) is 1.34. The molecule has 0 aromatic heterocycles. The number of carboxylic acids is 1. The molecule has 5 rings (SSSR count). The molecule has 5 aliphatic rings. The number of hydrogen-bond donors (Lipinski definition) is 4. The van der Waals surface area contributed by atoms with Gasteiger partial charge in [0.1, 0.15) is 0 Å². The highest BCUT2D eigenvalue weighted by Crippen LogP contribution is 2.76. The van der Waals surface area contributed by atoms with Crippen LogP contribution in [0.25, 0.3) is 0 Å². The largest absolute Gasteiger partial charge is 0.481 e. The third-order valence-electron chi connectivity index (χ3n) is 13.7. The maximum absolute atomic E-state index is 13.1. The Balaban J connectivity index is 1.67.